The Balaban J connectivity index is 1.29. The van der Waals surface area contributed by atoms with Crippen molar-refractivity contribution in [2.45, 2.75) is 32.8 Å². The molecule has 1 fully saturated rings. The number of aliphatic hydroxyl groups excluding tert-OH is 1. The molecule has 1 aromatic carbocycles. The fraction of sp³-hybridized carbons (Fsp3) is 0.636. The largest absolute Gasteiger partial charge is 0.492 e. The molecule has 0 radical (unpaired) electrons. The standard InChI is InChI=1S/C22H33NO3/c1-22(2)18-10-9-17(21(22)13-18)15-25-16-19(24)14-23(3)11-12-26-20-7-5-4-6-8-20/h4-9,18-19,21,24H,10-16H2,1-3H3. The molecule has 0 aromatic heterocycles. The molecule has 0 saturated heterocycles. The van der Waals surface area contributed by atoms with Gasteiger partial charge in [0.1, 0.15) is 12.4 Å². The Morgan fingerprint density at radius 1 is 1.27 bits per heavy atom. The monoisotopic (exact) mass is 359 g/mol. The van der Waals surface area contributed by atoms with E-state index in [-0.39, 0.29) is 0 Å². The molecule has 0 amide bonds. The summed E-state index contributed by atoms with van der Waals surface area (Å²) in [5.41, 5.74) is 1.87. The lowest BCUT2D eigenvalue weighted by Crippen LogP contribution is -2.48. The lowest BCUT2D eigenvalue weighted by molar-refractivity contribution is -0.0257. The summed E-state index contributed by atoms with van der Waals surface area (Å²) in [7, 11) is 2.00. The van der Waals surface area contributed by atoms with Gasteiger partial charge in [0.05, 0.1) is 19.3 Å². The second kappa shape index (κ2) is 8.55. The van der Waals surface area contributed by atoms with Crippen molar-refractivity contribution in [3.63, 3.8) is 0 Å². The topological polar surface area (TPSA) is 41.9 Å². The van der Waals surface area contributed by atoms with E-state index in [1.54, 1.807) is 0 Å². The van der Waals surface area contributed by atoms with Gasteiger partial charge in [-0.05, 0) is 54.8 Å². The Bertz CT molecular complexity index is 599. The summed E-state index contributed by atoms with van der Waals surface area (Å²) >= 11 is 0. The third kappa shape index (κ3) is 4.67. The van der Waals surface area contributed by atoms with Crippen molar-refractivity contribution >= 4 is 0 Å². The van der Waals surface area contributed by atoms with E-state index >= 15 is 0 Å². The van der Waals surface area contributed by atoms with Crippen LogP contribution in [-0.4, -0.2) is 56.1 Å². The summed E-state index contributed by atoms with van der Waals surface area (Å²) < 4.78 is 11.5. The molecule has 4 rings (SSSR count). The number of aliphatic hydroxyl groups is 1. The van der Waals surface area contributed by atoms with Gasteiger partial charge in [-0.25, -0.2) is 0 Å². The van der Waals surface area contributed by atoms with E-state index in [9.17, 15) is 5.11 Å². The molecule has 2 bridgehead atoms. The first-order valence-corrected chi connectivity index (χ1v) is 9.78. The van der Waals surface area contributed by atoms with Crippen LogP contribution in [0.25, 0.3) is 0 Å². The van der Waals surface area contributed by atoms with Crippen LogP contribution in [0.1, 0.15) is 26.7 Å². The molecule has 0 aliphatic heterocycles. The highest BCUT2D eigenvalue weighted by Crippen LogP contribution is 2.59. The van der Waals surface area contributed by atoms with Crippen molar-refractivity contribution in [3.05, 3.63) is 42.0 Å². The minimum absolute atomic E-state index is 0.387. The second-order valence-electron chi connectivity index (χ2n) is 8.41. The number of rotatable bonds is 10. The molecule has 4 nitrogen and oxygen atoms in total. The van der Waals surface area contributed by atoms with Gasteiger partial charge in [-0.15, -0.1) is 0 Å². The predicted octanol–water partition coefficient (Wildman–Crippen LogP) is 3.37. The fourth-order valence-corrected chi connectivity index (χ4v) is 4.29. The van der Waals surface area contributed by atoms with E-state index in [0.717, 1.165) is 18.2 Å². The molecule has 3 aliphatic rings. The number of nitrogens with zero attached hydrogens (tertiary/aromatic N) is 1. The van der Waals surface area contributed by atoms with Crippen molar-refractivity contribution in [2.75, 3.05) is 40.0 Å². The van der Waals surface area contributed by atoms with Crippen LogP contribution in [0.5, 0.6) is 5.75 Å². The van der Waals surface area contributed by atoms with Crippen LogP contribution in [-0.2, 0) is 4.74 Å². The van der Waals surface area contributed by atoms with Crippen LogP contribution < -0.4 is 4.74 Å². The van der Waals surface area contributed by atoms with Crippen molar-refractivity contribution in [3.8, 4) is 5.75 Å². The van der Waals surface area contributed by atoms with Gasteiger partial charge in [0.2, 0.25) is 0 Å². The Hall–Kier alpha value is -1.36. The quantitative estimate of drug-likeness (QED) is 0.651. The molecule has 1 saturated carbocycles. The molecule has 0 heterocycles. The molecule has 3 unspecified atom stereocenters. The molecular weight excluding hydrogens is 326 g/mol. The minimum Gasteiger partial charge on any atom is -0.492 e. The van der Waals surface area contributed by atoms with Crippen LogP contribution in [0.15, 0.2) is 42.0 Å². The van der Waals surface area contributed by atoms with Gasteiger partial charge >= 0.3 is 0 Å². The highest BCUT2D eigenvalue weighted by Gasteiger charge is 2.50. The summed E-state index contributed by atoms with van der Waals surface area (Å²) in [6.45, 7) is 7.78. The number of para-hydroxylation sites is 1. The van der Waals surface area contributed by atoms with Crippen LogP contribution in [0.4, 0.5) is 0 Å². The maximum absolute atomic E-state index is 10.2. The Morgan fingerprint density at radius 2 is 2.04 bits per heavy atom. The number of ether oxygens (including phenoxy) is 2. The number of benzene rings is 1. The summed E-state index contributed by atoms with van der Waals surface area (Å²) in [6.07, 6.45) is 4.40. The summed E-state index contributed by atoms with van der Waals surface area (Å²) in [6, 6.07) is 9.81. The first-order chi connectivity index (χ1) is 12.5. The normalized spacial score (nSPS) is 24.7. The fourth-order valence-electron chi connectivity index (χ4n) is 4.29. The predicted molar refractivity (Wildman–Crippen MR) is 104 cm³/mol. The zero-order valence-corrected chi connectivity index (χ0v) is 16.4. The molecular formula is C22H33NO3. The van der Waals surface area contributed by atoms with E-state index in [1.165, 1.54) is 18.4 Å². The number of allylic oxidation sites excluding steroid dienone is 1. The summed E-state index contributed by atoms with van der Waals surface area (Å²) in [4.78, 5) is 2.08. The van der Waals surface area contributed by atoms with Crippen LogP contribution >= 0.6 is 0 Å². The van der Waals surface area contributed by atoms with E-state index in [1.807, 2.05) is 37.4 Å². The van der Waals surface area contributed by atoms with Gasteiger partial charge in [-0.2, -0.15) is 0 Å². The zero-order chi connectivity index (χ0) is 18.6. The van der Waals surface area contributed by atoms with Crippen molar-refractivity contribution in [1.29, 1.82) is 0 Å². The number of hydrogen-bond acceptors (Lipinski definition) is 4. The molecule has 26 heavy (non-hydrogen) atoms. The first-order valence-electron chi connectivity index (χ1n) is 9.78. The lowest BCUT2D eigenvalue weighted by Gasteiger charge is -2.56. The Labute approximate surface area is 157 Å². The third-order valence-electron chi connectivity index (χ3n) is 6.17. The van der Waals surface area contributed by atoms with Gasteiger partial charge in [-0.3, -0.25) is 0 Å². The molecule has 144 valence electrons. The number of fused-ring (bicyclic) bond motifs is 1. The minimum atomic E-state index is -0.469. The molecule has 0 spiro atoms. The Morgan fingerprint density at radius 3 is 2.73 bits per heavy atom. The van der Waals surface area contributed by atoms with Crippen molar-refractivity contribution in [2.24, 2.45) is 17.3 Å². The smallest absolute Gasteiger partial charge is 0.119 e. The van der Waals surface area contributed by atoms with Gasteiger partial charge in [0.15, 0.2) is 0 Å². The van der Waals surface area contributed by atoms with E-state index < -0.39 is 6.10 Å². The lowest BCUT2D eigenvalue weighted by atomic mass is 9.49. The van der Waals surface area contributed by atoms with E-state index in [4.69, 9.17) is 9.47 Å². The van der Waals surface area contributed by atoms with E-state index in [2.05, 4.69) is 24.8 Å². The molecule has 3 aliphatic carbocycles. The number of hydrogen-bond donors (Lipinski definition) is 1. The average molecular weight is 360 g/mol. The van der Waals surface area contributed by atoms with E-state index in [0.29, 0.717) is 37.7 Å². The molecule has 1 N–H and O–H groups in total. The SMILES string of the molecule is CN(CCOc1ccccc1)CC(O)COCC1=CCC2CC1C2(C)C. The molecule has 3 atom stereocenters. The Kier molecular flexibility index (Phi) is 6.38. The van der Waals surface area contributed by atoms with Crippen molar-refractivity contribution in [1.82, 2.24) is 4.90 Å². The van der Waals surface area contributed by atoms with Crippen molar-refractivity contribution < 1.29 is 14.6 Å². The van der Waals surface area contributed by atoms with Crippen LogP contribution in [0, 0.1) is 17.3 Å². The first kappa shape index (κ1) is 19.4. The summed E-state index contributed by atoms with van der Waals surface area (Å²) in [5, 5.41) is 10.2. The third-order valence-corrected chi connectivity index (χ3v) is 6.17. The highest BCUT2D eigenvalue weighted by atomic mass is 16.5. The second-order valence-corrected chi connectivity index (χ2v) is 8.41. The molecule has 1 aromatic rings. The maximum atomic E-state index is 10.2. The van der Waals surface area contributed by atoms with Gasteiger partial charge < -0.3 is 19.5 Å². The van der Waals surface area contributed by atoms with Gasteiger partial charge in [0, 0.05) is 13.1 Å². The zero-order valence-electron chi connectivity index (χ0n) is 16.4. The maximum Gasteiger partial charge on any atom is 0.119 e. The van der Waals surface area contributed by atoms with Gasteiger partial charge in [0.25, 0.3) is 0 Å². The van der Waals surface area contributed by atoms with Gasteiger partial charge in [-0.1, -0.05) is 38.1 Å². The van der Waals surface area contributed by atoms with Crippen LogP contribution in [0.3, 0.4) is 0 Å². The summed E-state index contributed by atoms with van der Waals surface area (Å²) in [5.74, 6) is 2.41. The van der Waals surface area contributed by atoms with Crippen LogP contribution in [0.2, 0.25) is 0 Å². The molecule has 4 heteroatoms. The highest BCUT2D eigenvalue weighted by molar-refractivity contribution is 5.23. The number of likely N-dealkylation sites (N-methyl/N-ethyl adjacent to an activating group) is 1. The average Bonchev–Trinajstić information content (AvgIpc) is 2.62.